The van der Waals surface area contributed by atoms with Crippen LogP contribution in [0.15, 0.2) is 0 Å². The van der Waals surface area contributed by atoms with Crippen molar-refractivity contribution in [2.75, 3.05) is 13.1 Å². The average molecular weight is 183 g/mol. The second-order valence-corrected chi connectivity index (χ2v) is 4.57. The van der Waals surface area contributed by atoms with E-state index in [0.29, 0.717) is 11.7 Å². The maximum atomic E-state index is 10.9. The fourth-order valence-corrected chi connectivity index (χ4v) is 1.63. The summed E-state index contributed by atoms with van der Waals surface area (Å²) in [7, 11) is 0. The molecule has 2 nitrogen and oxygen atoms in total. The van der Waals surface area contributed by atoms with Crippen LogP contribution in [-0.4, -0.2) is 29.8 Å². The highest BCUT2D eigenvalue weighted by Crippen LogP contribution is 2.27. The van der Waals surface area contributed by atoms with E-state index in [1.807, 2.05) is 0 Å². The van der Waals surface area contributed by atoms with Crippen LogP contribution in [0.5, 0.6) is 0 Å². The van der Waals surface area contributed by atoms with Gasteiger partial charge in [0.2, 0.25) is 0 Å². The lowest BCUT2D eigenvalue weighted by atomic mass is 10.2. The summed E-state index contributed by atoms with van der Waals surface area (Å²) in [5.74, 6) is 1.03. The van der Waals surface area contributed by atoms with Crippen molar-refractivity contribution in [3.05, 3.63) is 0 Å². The van der Waals surface area contributed by atoms with E-state index < -0.39 is 0 Å². The molecule has 1 saturated carbocycles. The Hall–Kier alpha value is -0.370. The third-order valence-corrected chi connectivity index (χ3v) is 2.41. The molecule has 0 aromatic heterocycles. The second kappa shape index (κ2) is 4.75. The largest absolute Gasteiger partial charge is 0.300 e. The minimum atomic E-state index is 0.314. The number of carbonyl (C=O) groups is 1. The summed E-state index contributed by atoms with van der Waals surface area (Å²) in [4.78, 5) is 13.3. The fourth-order valence-electron chi connectivity index (χ4n) is 1.63. The quantitative estimate of drug-likeness (QED) is 0.628. The highest BCUT2D eigenvalue weighted by molar-refractivity contribution is 5.75. The molecule has 0 unspecified atom stereocenters. The predicted octanol–water partition coefficient (Wildman–Crippen LogP) is 2.09. The first kappa shape index (κ1) is 10.7. The zero-order valence-electron chi connectivity index (χ0n) is 9.05. The lowest BCUT2D eigenvalue weighted by Gasteiger charge is -2.23. The molecule has 2 heteroatoms. The maximum absolute atomic E-state index is 10.9. The first-order valence-corrected chi connectivity index (χ1v) is 5.33. The maximum Gasteiger partial charge on any atom is 0.131 e. The van der Waals surface area contributed by atoms with E-state index in [9.17, 15) is 4.79 Å². The normalized spacial score (nSPS) is 17.0. The molecule has 0 aromatic rings. The Kier molecular flexibility index (Phi) is 3.91. The van der Waals surface area contributed by atoms with E-state index >= 15 is 0 Å². The minimum Gasteiger partial charge on any atom is -0.300 e. The Morgan fingerprint density at radius 1 is 1.46 bits per heavy atom. The Morgan fingerprint density at radius 3 is 2.46 bits per heavy atom. The zero-order chi connectivity index (χ0) is 9.84. The van der Waals surface area contributed by atoms with Crippen LogP contribution in [-0.2, 0) is 4.79 Å². The van der Waals surface area contributed by atoms with E-state index in [-0.39, 0.29) is 0 Å². The zero-order valence-corrected chi connectivity index (χ0v) is 9.05. The number of Topliss-reactive ketones (excluding diaryl/α,β-unsaturated/α-hetero) is 1. The van der Waals surface area contributed by atoms with Gasteiger partial charge in [-0.2, -0.15) is 0 Å². The molecule has 0 N–H and O–H groups in total. The van der Waals surface area contributed by atoms with Gasteiger partial charge in [0.25, 0.3) is 0 Å². The molecule has 0 saturated heterocycles. The molecule has 1 fully saturated rings. The smallest absolute Gasteiger partial charge is 0.131 e. The van der Waals surface area contributed by atoms with Gasteiger partial charge in [0, 0.05) is 25.6 Å². The van der Waals surface area contributed by atoms with Gasteiger partial charge in [-0.3, -0.25) is 9.69 Å². The summed E-state index contributed by atoms with van der Waals surface area (Å²) in [6.07, 6.45) is 3.40. The van der Waals surface area contributed by atoms with Gasteiger partial charge in [-0.25, -0.2) is 0 Å². The molecule has 0 atom stereocenters. The van der Waals surface area contributed by atoms with Crippen LogP contribution >= 0.6 is 0 Å². The number of carbonyl (C=O) groups excluding carboxylic acids is 1. The van der Waals surface area contributed by atoms with Crippen molar-refractivity contribution in [1.82, 2.24) is 4.90 Å². The van der Waals surface area contributed by atoms with E-state index in [0.717, 1.165) is 25.6 Å². The van der Waals surface area contributed by atoms with Crippen LogP contribution in [0.25, 0.3) is 0 Å². The van der Waals surface area contributed by atoms with Crippen LogP contribution in [0.1, 0.15) is 40.0 Å². The summed E-state index contributed by atoms with van der Waals surface area (Å²) in [6, 6.07) is 0.793. The van der Waals surface area contributed by atoms with Gasteiger partial charge >= 0.3 is 0 Å². The molecule has 1 rings (SSSR count). The van der Waals surface area contributed by atoms with Crippen molar-refractivity contribution < 1.29 is 4.79 Å². The average Bonchev–Trinajstić information content (AvgIpc) is 2.78. The monoisotopic (exact) mass is 183 g/mol. The Labute approximate surface area is 81.3 Å². The summed E-state index contributed by atoms with van der Waals surface area (Å²) in [5.41, 5.74) is 0. The summed E-state index contributed by atoms with van der Waals surface area (Å²) >= 11 is 0. The van der Waals surface area contributed by atoms with Gasteiger partial charge in [-0.15, -0.1) is 0 Å². The van der Waals surface area contributed by atoms with Gasteiger partial charge in [0.1, 0.15) is 5.78 Å². The summed E-state index contributed by atoms with van der Waals surface area (Å²) < 4.78 is 0. The van der Waals surface area contributed by atoms with E-state index in [4.69, 9.17) is 0 Å². The number of hydrogen-bond acceptors (Lipinski definition) is 2. The first-order valence-electron chi connectivity index (χ1n) is 5.33. The molecular weight excluding hydrogens is 162 g/mol. The highest BCUT2D eigenvalue weighted by atomic mass is 16.1. The van der Waals surface area contributed by atoms with Gasteiger partial charge in [-0.05, 0) is 25.7 Å². The third-order valence-electron chi connectivity index (χ3n) is 2.41. The fraction of sp³-hybridized carbons (Fsp3) is 0.909. The Bertz CT molecular complexity index is 173. The van der Waals surface area contributed by atoms with Crippen LogP contribution in [0.4, 0.5) is 0 Å². The van der Waals surface area contributed by atoms with Crippen molar-refractivity contribution in [2.45, 2.75) is 46.1 Å². The molecule has 1 aliphatic rings. The molecule has 0 bridgehead atoms. The van der Waals surface area contributed by atoms with E-state index in [2.05, 4.69) is 18.7 Å². The van der Waals surface area contributed by atoms with Crippen molar-refractivity contribution in [3.8, 4) is 0 Å². The summed E-state index contributed by atoms with van der Waals surface area (Å²) in [5, 5.41) is 0. The lowest BCUT2D eigenvalue weighted by Crippen LogP contribution is -2.31. The van der Waals surface area contributed by atoms with Crippen molar-refractivity contribution in [1.29, 1.82) is 0 Å². The van der Waals surface area contributed by atoms with Crippen LogP contribution < -0.4 is 0 Å². The molecule has 13 heavy (non-hydrogen) atoms. The molecular formula is C11H21NO. The molecule has 76 valence electrons. The second-order valence-electron chi connectivity index (χ2n) is 4.57. The van der Waals surface area contributed by atoms with Gasteiger partial charge in [0.05, 0.1) is 0 Å². The van der Waals surface area contributed by atoms with E-state index in [1.165, 1.54) is 12.8 Å². The molecule has 0 radical (unpaired) electrons. The first-order chi connectivity index (χ1) is 6.09. The van der Waals surface area contributed by atoms with Crippen molar-refractivity contribution in [3.63, 3.8) is 0 Å². The van der Waals surface area contributed by atoms with Gasteiger partial charge in [0.15, 0.2) is 0 Å². The lowest BCUT2D eigenvalue weighted by molar-refractivity contribution is -0.117. The Balaban J connectivity index is 2.25. The Morgan fingerprint density at radius 2 is 2.08 bits per heavy atom. The van der Waals surface area contributed by atoms with Gasteiger partial charge in [-0.1, -0.05) is 13.8 Å². The molecule has 1 aliphatic carbocycles. The number of nitrogens with zero attached hydrogens (tertiary/aromatic N) is 1. The molecule has 0 aliphatic heterocycles. The number of rotatable bonds is 6. The SMILES string of the molecule is CC(=O)CCN(CC(C)C)C1CC1. The standard InChI is InChI=1S/C11H21NO/c1-9(2)8-12(11-4-5-11)7-6-10(3)13/h9,11H,4-8H2,1-3H3. The summed E-state index contributed by atoms with van der Waals surface area (Å²) in [6.45, 7) is 8.28. The van der Waals surface area contributed by atoms with Crippen LogP contribution in [0.3, 0.4) is 0 Å². The minimum absolute atomic E-state index is 0.314. The highest BCUT2D eigenvalue weighted by Gasteiger charge is 2.28. The number of ketones is 1. The van der Waals surface area contributed by atoms with Gasteiger partial charge < -0.3 is 0 Å². The van der Waals surface area contributed by atoms with Crippen LogP contribution in [0, 0.1) is 5.92 Å². The predicted molar refractivity (Wildman–Crippen MR) is 54.7 cm³/mol. The molecule has 0 amide bonds. The van der Waals surface area contributed by atoms with Crippen molar-refractivity contribution in [2.24, 2.45) is 5.92 Å². The van der Waals surface area contributed by atoms with E-state index in [1.54, 1.807) is 6.92 Å². The number of hydrogen-bond donors (Lipinski definition) is 0. The molecule has 0 heterocycles. The van der Waals surface area contributed by atoms with Crippen molar-refractivity contribution >= 4 is 5.78 Å². The topological polar surface area (TPSA) is 20.3 Å². The molecule has 0 aromatic carbocycles. The third kappa shape index (κ3) is 4.41. The molecule has 0 spiro atoms. The van der Waals surface area contributed by atoms with Crippen LogP contribution in [0.2, 0.25) is 0 Å².